The van der Waals surface area contributed by atoms with Gasteiger partial charge in [-0.3, -0.25) is 9.69 Å². The first-order valence-electron chi connectivity index (χ1n) is 10.9. The van der Waals surface area contributed by atoms with Crippen LogP contribution in [0.15, 0.2) is 60.0 Å². The van der Waals surface area contributed by atoms with Crippen molar-refractivity contribution >= 4 is 22.4 Å². The van der Waals surface area contributed by atoms with Gasteiger partial charge in [0.05, 0.1) is 24.9 Å². The van der Waals surface area contributed by atoms with Gasteiger partial charge in [-0.15, -0.1) is 11.3 Å². The van der Waals surface area contributed by atoms with Gasteiger partial charge in [-0.1, -0.05) is 30.3 Å². The smallest absolute Gasteiger partial charge is 0.257 e. The molecule has 1 fully saturated rings. The maximum absolute atomic E-state index is 13.4. The molecule has 2 aromatic carbocycles. The molecule has 32 heavy (non-hydrogen) atoms. The zero-order valence-corrected chi connectivity index (χ0v) is 18.9. The molecule has 2 atom stereocenters. The van der Waals surface area contributed by atoms with Gasteiger partial charge in [-0.2, -0.15) is 0 Å². The second kappa shape index (κ2) is 10.8. The fraction of sp³-hybridized carbons (Fsp3) is 0.360. The molecule has 0 bridgehead atoms. The lowest BCUT2D eigenvalue weighted by Gasteiger charge is -2.26. The van der Waals surface area contributed by atoms with Crippen LogP contribution in [0.2, 0.25) is 0 Å². The number of nitrogens with zero attached hydrogens (tertiary/aromatic N) is 2. The van der Waals surface area contributed by atoms with Crippen molar-refractivity contribution in [2.45, 2.75) is 44.9 Å². The Kier molecular flexibility index (Phi) is 7.63. The van der Waals surface area contributed by atoms with E-state index < -0.39 is 6.10 Å². The minimum Gasteiger partial charge on any atom is -0.376 e. The molecule has 2 unspecified atom stereocenters. The summed E-state index contributed by atoms with van der Waals surface area (Å²) >= 11 is 1.39. The van der Waals surface area contributed by atoms with Crippen LogP contribution in [0, 0.1) is 5.82 Å². The molecule has 4 rings (SSSR count). The predicted octanol–water partition coefficient (Wildman–Crippen LogP) is 5.46. The molecule has 0 N–H and O–H groups in total. The van der Waals surface area contributed by atoms with Gasteiger partial charge in [0.2, 0.25) is 0 Å². The molecule has 1 aromatic heterocycles. The number of amides is 1. The van der Waals surface area contributed by atoms with Crippen LogP contribution < -0.4 is 4.90 Å². The van der Waals surface area contributed by atoms with E-state index in [1.165, 1.54) is 23.5 Å². The predicted molar refractivity (Wildman–Crippen MR) is 124 cm³/mol. The number of thiazole rings is 1. The van der Waals surface area contributed by atoms with E-state index in [4.69, 9.17) is 9.47 Å². The highest BCUT2D eigenvalue weighted by Gasteiger charge is 2.27. The lowest BCUT2D eigenvalue weighted by molar-refractivity contribution is -0.133. The molecule has 1 saturated heterocycles. The molecular formula is C25H27FN2O3S. The first kappa shape index (κ1) is 22.6. The quantitative estimate of drug-likeness (QED) is 0.454. The average molecular weight is 455 g/mol. The molecule has 168 valence electrons. The number of aromatic nitrogens is 1. The zero-order chi connectivity index (χ0) is 22.3. The second-order valence-electron chi connectivity index (χ2n) is 7.90. The van der Waals surface area contributed by atoms with Crippen LogP contribution in [0.3, 0.4) is 0 Å². The molecule has 1 amide bonds. The highest BCUT2D eigenvalue weighted by atomic mass is 32.1. The number of benzene rings is 2. The third-order valence-electron chi connectivity index (χ3n) is 5.47. The van der Waals surface area contributed by atoms with Gasteiger partial charge in [0.25, 0.3) is 5.91 Å². The van der Waals surface area contributed by atoms with E-state index >= 15 is 0 Å². The first-order valence-corrected chi connectivity index (χ1v) is 11.8. The third-order valence-corrected chi connectivity index (χ3v) is 6.33. The maximum atomic E-state index is 13.4. The van der Waals surface area contributed by atoms with Crippen LogP contribution in [0.5, 0.6) is 0 Å². The van der Waals surface area contributed by atoms with Gasteiger partial charge >= 0.3 is 0 Å². The van der Waals surface area contributed by atoms with Crippen LogP contribution >= 0.6 is 11.3 Å². The molecule has 5 nitrogen and oxygen atoms in total. The van der Waals surface area contributed by atoms with Crippen molar-refractivity contribution in [1.29, 1.82) is 0 Å². The molecule has 3 aromatic rings. The molecule has 7 heteroatoms. The van der Waals surface area contributed by atoms with E-state index in [9.17, 15) is 9.18 Å². The molecule has 0 spiro atoms. The van der Waals surface area contributed by atoms with Crippen molar-refractivity contribution in [2.24, 2.45) is 0 Å². The number of carbonyl (C=O) groups excluding carboxylic acids is 1. The Morgan fingerprint density at radius 2 is 2.00 bits per heavy atom. The maximum Gasteiger partial charge on any atom is 0.257 e. The number of halogens is 1. The fourth-order valence-corrected chi connectivity index (χ4v) is 4.47. The largest absolute Gasteiger partial charge is 0.376 e. The fourth-order valence-electron chi connectivity index (χ4n) is 3.63. The lowest BCUT2D eigenvalue weighted by atomic mass is 10.1. The van der Waals surface area contributed by atoms with Gasteiger partial charge in [0.1, 0.15) is 11.9 Å². The summed E-state index contributed by atoms with van der Waals surface area (Å²) in [6.45, 7) is 3.33. The summed E-state index contributed by atoms with van der Waals surface area (Å²) < 4.78 is 24.9. The number of hydrogen-bond acceptors (Lipinski definition) is 5. The topological polar surface area (TPSA) is 51.7 Å². The number of ether oxygens (including phenoxy) is 2. The Morgan fingerprint density at radius 1 is 1.22 bits per heavy atom. The van der Waals surface area contributed by atoms with Crippen LogP contribution in [-0.4, -0.2) is 36.3 Å². The summed E-state index contributed by atoms with van der Waals surface area (Å²) in [4.78, 5) is 19.7. The molecule has 0 saturated carbocycles. The van der Waals surface area contributed by atoms with Crippen LogP contribution in [0.1, 0.15) is 31.7 Å². The number of hydrogen-bond donors (Lipinski definition) is 0. The van der Waals surface area contributed by atoms with Crippen LogP contribution in [-0.2, 0) is 20.8 Å². The lowest BCUT2D eigenvalue weighted by Crippen LogP contribution is -2.40. The monoisotopic (exact) mass is 454 g/mol. The van der Waals surface area contributed by atoms with E-state index in [0.29, 0.717) is 24.0 Å². The normalized spacial score (nSPS) is 17.1. The highest BCUT2D eigenvalue weighted by molar-refractivity contribution is 7.14. The molecule has 2 heterocycles. The minimum absolute atomic E-state index is 0.0477. The summed E-state index contributed by atoms with van der Waals surface area (Å²) in [5, 5.41) is 2.47. The van der Waals surface area contributed by atoms with Crippen molar-refractivity contribution in [3.8, 4) is 11.3 Å². The van der Waals surface area contributed by atoms with Crippen molar-refractivity contribution in [3.05, 3.63) is 71.4 Å². The molecular weight excluding hydrogens is 427 g/mol. The van der Waals surface area contributed by atoms with Crippen molar-refractivity contribution in [2.75, 3.05) is 18.1 Å². The van der Waals surface area contributed by atoms with Crippen LogP contribution in [0.25, 0.3) is 11.3 Å². The van der Waals surface area contributed by atoms with Crippen molar-refractivity contribution < 1.29 is 18.7 Å². The van der Waals surface area contributed by atoms with E-state index in [2.05, 4.69) is 4.98 Å². The SMILES string of the molecule is CC(OCC1CCCCO1)C(=O)N(Cc1ccccc1)c1nc(-c2ccc(F)cc2)cs1. The zero-order valence-electron chi connectivity index (χ0n) is 18.1. The molecule has 1 aliphatic rings. The number of anilines is 1. The Bertz CT molecular complexity index is 1000. The Labute approximate surface area is 191 Å². The van der Waals surface area contributed by atoms with Crippen LogP contribution in [0.4, 0.5) is 9.52 Å². The molecule has 0 aliphatic carbocycles. The summed E-state index contributed by atoms with van der Waals surface area (Å²) in [7, 11) is 0. The van der Waals surface area contributed by atoms with E-state index in [1.54, 1.807) is 24.0 Å². The molecule has 1 aliphatic heterocycles. The summed E-state index contributed by atoms with van der Waals surface area (Å²) in [5.74, 6) is -0.442. The van der Waals surface area contributed by atoms with Gasteiger partial charge in [0.15, 0.2) is 5.13 Å². The summed E-state index contributed by atoms with van der Waals surface area (Å²) in [6.07, 6.45) is 2.59. The van der Waals surface area contributed by atoms with Gasteiger partial charge in [0, 0.05) is 17.6 Å². The van der Waals surface area contributed by atoms with Gasteiger partial charge in [-0.05, 0) is 56.0 Å². The van der Waals surface area contributed by atoms with Crippen molar-refractivity contribution in [3.63, 3.8) is 0 Å². The second-order valence-corrected chi connectivity index (χ2v) is 8.73. The Balaban J connectivity index is 1.51. The summed E-state index contributed by atoms with van der Waals surface area (Å²) in [5.41, 5.74) is 2.52. The number of rotatable bonds is 8. The standard InChI is InChI=1S/C25H27FN2O3S/c1-18(31-16-22-9-5-6-14-30-22)24(29)28(15-19-7-3-2-4-8-19)25-27-23(17-32-25)20-10-12-21(26)13-11-20/h2-4,7-8,10-13,17-18,22H,5-6,9,14-16H2,1H3. The highest BCUT2D eigenvalue weighted by Crippen LogP contribution is 2.29. The van der Waals surface area contributed by atoms with Crippen molar-refractivity contribution in [1.82, 2.24) is 4.98 Å². The Hall–Kier alpha value is -2.61. The minimum atomic E-state index is -0.623. The van der Waals surface area contributed by atoms with E-state index in [1.807, 2.05) is 35.7 Å². The van der Waals surface area contributed by atoms with E-state index in [-0.39, 0.29) is 17.8 Å². The average Bonchev–Trinajstić information content (AvgIpc) is 3.32. The Morgan fingerprint density at radius 3 is 2.72 bits per heavy atom. The first-order chi connectivity index (χ1) is 15.6. The third kappa shape index (κ3) is 5.79. The van der Waals surface area contributed by atoms with Gasteiger partial charge < -0.3 is 9.47 Å². The number of carbonyl (C=O) groups is 1. The van der Waals surface area contributed by atoms with Gasteiger partial charge in [-0.25, -0.2) is 9.37 Å². The molecule has 0 radical (unpaired) electrons. The summed E-state index contributed by atoms with van der Waals surface area (Å²) in [6, 6.07) is 16.0. The van der Waals surface area contributed by atoms with E-state index in [0.717, 1.165) is 37.0 Å².